The molecule has 0 bridgehead atoms. The summed E-state index contributed by atoms with van der Waals surface area (Å²) in [4.78, 5) is 9.08. The van der Waals surface area contributed by atoms with E-state index in [1.54, 1.807) is 31.5 Å². The molecule has 0 aliphatic heterocycles. The van der Waals surface area contributed by atoms with Gasteiger partial charge in [-0.2, -0.15) is 0 Å². The number of ether oxygens (including phenoxy) is 1. The second-order valence-corrected chi connectivity index (χ2v) is 6.83. The Balaban J connectivity index is 1.76. The zero-order valence-corrected chi connectivity index (χ0v) is 14.5. The Morgan fingerprint density at radius 1 is 1.42 bits per heavy atom. The number of aromatic nitrogens is 4. The molecule has 0 aliphatic carbocycles. The Morgan fingerprint density at radius 3 is 3.08 bits per heavy atom. The van der Waals surface area contributed by atoms with Crippen molar-refractivity contribution in [1.82, 2.24) is 19.5 Å². The quantitative estimate of drug-likeness (QED) is 0.582. The molecular weight excluding hydrogens is 348 g/mol. The first kappa shape index (κ1) is 10.3. The van der Waals surface area contributed by atoms with Crippen LogP contribution in [0.5, 0.6) is 5.75 Å². The lowest BCUT2D eigenvalue weighted by Crippen LogP contribution is -2.03. The van der Waals surface area contributed by atoms with Gasteiger partial charge in [0.15, 0.2) is 6.57 Å². The molecule has 1 N–H and O–H groups in total. The maximum Gasteiger partial charge on any atom is 0.197 e. The van der Waals surface area contributed by atoms with Gasteiger partial charge in [-0.1, -0.05) is 0 Å². The van der Waals surface area contributed by atoms with Crippen molar-refractivity contribution in [2.75, 3.05) is 7.04 Å². The van der Waals surface area contributed by atoms with Gasteiger partial charge in [0.05, 0.1) is 48.5 Å². The number of H-pyrrole nitrogens is 1. The normalized spacial score (nSPS) is 16.7. The minimum atomic E-state index is -2.65. The van der Waals surface area contributed by atoms with Gasteiger partial charge in [-0.25, -0.2) is 4.98 Å². The molecule has 26 heavy (non-hydrogen) atoms. The number of nitrogens with one attached hydrogen (secondary N) is 1. The fraction of sp³-hybridized carbons (Fsp3) is 0.158. The molecule has 0 fully saturated rings. The molecule has 0 amide bonds. The summed E-state index contributed by atoms with van der Waals surface area (Å²) in [7, 11) is -4.57. The number of benzene rings is 1. The standard InChI is InChI=1S/C19H18N4O2S/c1-13-17(20-8-7-18(13)25-2)12-26(24)19-21-15-6-5-14(11-16(15)22-19)23-9-3-4-10-23/h3-11H,12H2,1-2H3,(H,21,22)/i2D3,5D,6D,11D/hD. The lowest BCUT2D eigenvalue weighted by molar-refractivity contribution is 0.410. The Hall–Kier alpha value is -2.93. The first-order chi connectivity index (χ1) is 15.5. The second kappa shape index (κ2) is 6.76. The highest BCUT2D eigenvalue weighted by molar-refractivity contribution is 7.84. The van der Waals surface area contributed by atoms with Gasteiger partial charge in [-0.3, -0.25) is 9.19 Å². The lowest BCUT2D eigenvalue weighted by Gasteiger charge is -2.08. The highest BCUT2D eigenvalue weighted by atomic mass is 32.2. The molecule has 4 aromatic rings. The van der Waals surface area contributed by atoms with Crippen LogP contribution >= 0.6 is 0 Å². The van der Waals surface area contributed by atoms with E-state index in [0.29, 0.717) is 16.2 Å². The first-order valence-electron chi connectivity index (χ1n) is 11.1. The van der Waals surface area contributed by atoms with Crippen molar-refractivity contribution >= 4 is 21.8 Å². The monoisotopic (exact) mass is 373 g/mol. The van der Waals surface area contributed by atoms with Crippen LogP contribution in [0.3, 0.4) is 0 Å². The van der Waals surface area contributed by atoms with Gasteiger partial charge < -0.3 is 14.3 Å². The second-order valence-electron chi connectivity index (χ2n) is 5.49. The van der Waals surface area contributed by atoms with E-state index in [2.05, 4.69) is 9.97 Å². The van der Waals surface area contributed by atoms with Gasteiger partial charge in [0.1, 0.15) is 5.75 Å². The molecule has 0 saturated carbocycles. The molecule has 3 aromatic heterocycles. The van der Waals surface area contributed by atoms with Crippen LogP contribution in [-0.2, 0) is 16.6 Å². The number of methoxy groups -OCH3 is 1. The smallest absolute Gasteiger partial charge is 0.197 e. The van der Waals surface area contributed by atoms with Crippen molar-refractivity contribution in [3.63, 3.8) is 0 Å². The third-order valence-electron chi connectivity index (χ3n) is 3.88. The molecule has 1 unspecified atom stereocenters. The number of rotatable bonds is 5. The van der Waals surface area contributed by atoms with Crippen molar-refractivity contribution in [2.45, 2.75) is 17.8 Å². The Morgan fingerprint density at radius 2 is 2.27 bits per heavy atom. The maximum absolute atomic E-state index is 13.1. The predicted octanol–water partition coefficient (Wildman–Crippen LogP) is 3.37. The van der Waals surface area contributed by atoms with E-state index in [-0.39, 0.29) is 51.5 Å². The zero-order valence-electron chi connectivity index (χ0n) is 20.7. The summed E-state index contributed by atoms with van der Waals surface area (Å²) in [6.45, 7) is 1.59. The van der Waals surface area contributed by atoms with E-state index < -0.39 is 17.8 Å². The molecule has 6 nitrogen and oxygen atoms in total. The van der Waals surface area contributed by atoms with Crippen LogP contribution in [0.2, 0.25) is 1.41 Å². The fourth-order valence-electron chi connectivity index (χ4n) is 2.48. The van der Waals surface area contributed by atoms with Crippen LogP contribution in [0.1, 0.15) is 19.5 Å². The van der Waals surface area contributed by atoms with Crippen molar-refractivity contribution in [1.29, 1.82) is 0 Å². The number of hydrogen-bond acceptors (Lipinski definition) is 4. The summed E-state index contributed by atoms with van der Waals surface area (Å²) in [5, 5.41) is -0.209. The zero-order chi connectivity index (χ0) is 24.1. The molecule has 4 rings (SSSR count). The maximum atomic E-state index is 13.1. The minimum Gasteiger partial charge on any atom is -0.496 e. The Kier molecular flexibility index (Phi) is 2.67. The molecule has 0 radical (unpaired) electrons. The van der Waals surface area contributed by atoms with E-state index in [9.17, 15) is 4.21 Å². The van der Waals surface area contributed by atoms with Crippen LogP contribution < -0.4 is 4.74 Å². The third-order valence-corrected chi connectivity index (χ3v) is 5.00. The van der Waals surface area contributed by atoms with Gasteiger partial charge in [-0.05, 0) is 43.3 Å². The van der Waals surface area contributed by atoms with Crippen LogP contribution in [-0.4, -0.2) is 30.8 Å². The number of fused-ring (bicyclic) bond motifs is 1. The molecular formula is C19H18N4O2S. The number of pyridine rings is 1. The van der Waals surface area contributed by atoms with Crippen molar-refractivity contribution in [2.24, 2.45) is 0 Å². The van der Waals surface area contributed by atoms with E-state index in [4.69, 9.17) is 14.4 Å². The van der Waals surface area contributed by atoms with Crippen molar-refractivity contribution in [3.8, 4) is 11.4 Å². The number of imidazole rings is 1. The Labute approximate surface area is 163 Å². The van der Waals surface area contributed by atoms with Gasteiger partial charge in [-0.15, -0.1) is 0 Å². The van der Waals surface area contributed by atoms with E-state index in [1.807, 2.05) is 0 Å². The predicted molar refractivity (Wildman–Crippen MR) is 101 cm³/mol. The van der Waals surface area contributed by atoms with Crippen molar-refractivity contribution < 1.29 is 18.6 Å². The molecule has 0 spiro atoms. The molecule has 3 heterocycles. The van der Waals surface area contributed by atoms with E-state index in [1.165, 1.54) is 16.8 Å². The van der Waals surface area contributed by atoms with Crippen LogP contribution in [0.4, 0.5) is 0 Å². The highest BCUT2D eigenvalue weighted by Crippen LogP contribution is 2.22. The summed E-state index contributed by atoms with van der Waals surface area (Å²) in [6, 6.07) is 4.12. The molecule has 1 atom stereocenters. The number of nitrogens with zero attached hydrogens (tertiary/aromatic N) is 3. The number of hydrogen-bond donors (Lipinski definition) is 1. The van der Waals surface area contributed by atoms with E-state index in [0.717, 1.165) is 0 Å². The summed E-state index contributed by atoms with van der Waals surface area (Å²) >= 11 is 0. The average Bonchev–Trinajstić information content (AvgIpc) is 3.37. The third kappa shape index (κ3) is 3.01. The number of aromatic amines is 1. The molecule has 132 valence electrons. The highest BCUT2D eigenvalue weighted by Gasteiger charge is 2.15. The largest absolute Gasteiger partial charge is 0.496 e. The molecule has 1 aromatic carbocycles. The van der Waals surface area contributed by atoms with E-state index >= 15 is 0 Å². The van der Waals surface area contributed by atoms with Crippen LogP contribution in [0.15, 0.2) is 60.1 Å². The summed E-state index contributed by atoms with van der Waals surface area (Å²) in [6.07, 6.45) is 4.61. The molecule has 0 aliphatic rings. The van der Waals surface area contributed by atoms with Crippen LogP contribution in [0, 0.1) is 6.92 Å². The SMILES string of the molecule is [2H]c1c(-n2cccc2)c([2H])c2nc(S(=O)Cc3nccc(OC([2H])([2H])[2H])c3C)n([2H])c2c1[2H]. The molecule has 0 saturated heterocycles. The van der Waals surface area contributed by atoms with Crippen molar-refractivity contribution in [3.05, 3.63) is 66.2 Å². The first-order valence-corrected chi connectivity index (χ1v) is 8.98. The van der Waals surface area contributed by atoms with Gasteiger partial charge in [0.25, 0.3) is 0 Å². The van der Waals surface area contributed by atoms with Gasteiger partial charge in [0.2, 0.25) is 0 Å². The minimum absolute atomic E-state index is 0.0118. The Bertz CT molecular complexity index is 1380. The van der Waals surface area contributed by atoms with Crippen LogP contribution in [0.25, 0.3) is 16.7 Å². The summed E-state index contributed by atoms with van der Waals surface area (Å²) in [5.74, 6) is -0.112. The molecule has 7 heteroatoms. The van der Waals surface area contributed by atoms with Gasteiger partial charge >= 0.3 is 0 Å². The summed E-state index contributed by atoms with van der Waals surface area (Å²) in [5.41, 5.74) is 0.726. The van der Waals surface area contributed by atoms with Gasteiger partial charge in [0, 0.05) is 29.8 Å². The summed E-state index contributed by atoms with van der Waals surface area (Å²) < 4.78 is 74.9. The topological polar surface area (TPSA) is 72.8 Å². The lowest BCUT2D eigenvalue weighted by atomic mass is 10.2. The average molecular weight is 373 g/mol. The fourth-order valence-corrected chi connectivity index (χ4v) is 3.53.